The Kier molecular flexibility index (Phi) is 6.93. The van der Waals surface area contributed by atoms with E-state index >= 15 is 0 Å². The molecule has 34 heavy (non-hydrogen) atoms. The molecule has 4 aromatic rings. The minimum atomic E-state index is -0.631. The van der Waals surface area contributed by atoms with Crippen LogP contribution in [0.2, 0.25) is 0 Å². The van der Waals surface area contributed by atoms with Crippen LogP contribution >= 0.6 is 0 Å². The smallest absolute Gasteiger partial charge is 0.283 e. The van der Waals surface area contributed by atoms with Crippen molar-refractivity contribution in [3.8, 4) is 5.88 Å². The normalized spacial score (nSPS) is 11.2. The van der Waals surface area contributed by atoms with E-state index in [9.17, 15) is 14.7 Å². The molecular formula is C27H24N4O3. The predicted molar refractivity (Wildman–Crippen MR) is 131 cm³/mol. The van der Waals surface area contributed by atoms with Gasteiger partial charge in [0, 0.05) is 11.9 Å². The van der Waals surface area contributed by atoms with Crippen molar-refractivity contribution in [3.05, 3.63) is 109 Å². The minimum Gasteiger partial charge on any atom is -0.493 e. The first-order valence-electron chi connectivity index (χ1n) is 10.8. The first-order valence-corrected chi connectivity index (χ1v) is 10.8. The van der Waals surface area contributed by atoms with E-state index in [1.807, 2.05) is 78.9 Å². The molecule has 4 rings (SSSR count). The highest BCUT2D eigenvalue weighted by atomic mass is 16.3. The topological polar surface area (TPSA) is 96.0 Å². The number of allylic oxidation sites excluding steroid dienone is 1. The van der Waals surface area contributed by atoms with Gasteiger partial charge in [-0.15, -0.1) is 16.8 Å². The fourth-order valence-electron chi connectivity index (χ4n) is 3.88. The van der Waals surface area contributed by atoms with Crippen LogP contribution in [0.15, 0.2) is 108 Å². The number of hydrogen-bond acceptors (Lipinski definition) is 4. The number of hydrogen-bond donors (Lipinski definition) is 2. The van der Waals surface area contributed by atoms with Gasteiger partial charge in [-0.3, -0.25) is 9.59 Å². The standard InChI is InChI=1S/C27H24N4O3/c1-2-17-31-22-16-10-9-15-21(22)25(27(31)34)30-29-23(32)18-28-26(33)24(19-11-5-3-6-12-19)20-13-7-4-8-14-20/h2-16,24,34H,1,17-18H2,(H,28,33). The molecule has 0 aliphatic carbocycles. The van der Waals surface area contributed by atoms with E-state index in [0.29, 0.717) is 11.9 Å². The number of carbonyl (C=O) groups is 2. The molecular weight excluding hydrogens is 428 g/mol. The number of azo groups is 1. The second kappa shape index (κ2) is 10.4. The molecule has 7 heteroatoms. The maximum absolute atomic E-state index is 13.0. The van der Waals surface area contributed by atoms with Gasteiger partial charge in [-0.1, -0.05) is 84.9 Å². The summed E-state index contributed by atoms with van der Waals surface area (Å²) in [7, 11) is 0. The van der Waals surface area contributed by atoms with Gasteiger partial charge in [0.2, 0.25) is 11.8 Å². The van der Waals surface area contributed by atoms with Gasteiger partial charge in [0.05, 0.1) is 11.4 Å². The second-order valence-corrected chi connectivity index (χ2v) is 7.65. The van der Waals surface area contributed by atoms with Gasteiger partial charge in [-0.2, -0.15) is 0 Å². The summed E-state index contributed by atoms with van der Waals surface area (Å²) in [6.45, 7) is 3.77. The van der Waals surface area contributed by atoms with Crippen molar-refractivity contribution >= 4 is 28.4 Å². The highest BCUT2D eigenvalue weighted by Gasteiger charge is 2.23. The first kappa shape index (κ1) is 22.7. The summed E-state index contributed by atoms with van der Waals surface area (Å²) < 4.78 is 1.63. The lowest BCUT2D eigenvalue weighted by Crippen LogP contribution is -2.33. The number of nitrogens with one attached hydrogen (secondary N) is 1. The van der Waals surface area contributed by atoms with Crippen LogP contribution in [0.4, 0.5) is 5.69 Å². The van der Waals surface area contributed by atoms with Crippen molar-refractivity contribution in [1.82, 2.24) is 9.88 Å². The molecule has 1 aromatic heterocycles. The molecule has 0 unspecified atom stereocenters. The molecule has 2 amide bonds. The van der Waals surface area contributed by atoms with Crippen molar-refractivity contribution in [3.63, 3.8) is 0 Å². The van der Waals surface area contributed by atoms with Crippen molar-refractivity contribution in [2.75, 3.05) is 6.54 Å². The zero-order valence-corrected chi connectivity index (χ0v) is 18.5. The van der Waals surface area contributed by atoms with E-state index in [4.69, 9.17) is 0 Å². The maximum Gasteiger partial charge on any atom is 0.283 e. The zero-order chi connectivity index (χ0) is 23.9. The van der Waals surface area contributed by atoms with Gasteiger partial charge in [-0.05, 0) is 17.2 Å². The average Bonchev–Trinajstić information content (AvgIpc) is 3.14. The summed E-state index contributed by atoms with van der Waals surface area (Å²) in [6, 6.07) is 26.0. The molecule has 0 atom stereocenters. The Morgan fingerprint density at radius 1 is 0.941 bits per heavy atom. The Bertz CT molecular complexity index is 1310. The third kappa shape index (κ3) is 4.78. The largest absolute Gasteiger partial charge is 0.493 e. The molecule has 1 heterocycles. The van der Waals surface area contributed by atoms with E-state index in [2.05, 4.69) is 22.1 Å². The van der Waals surface area contributed by atoms with Crippen LogP contribution in [-0.2, 0) is 16.1 Å². The van der Waals surface area contributed by atoms with Gasteiger partial charge in [0.15, 0.2) is 5.69 Å². The van der Waals surface area contributed by atoms with E-state index in [0.717, 1.165) is 16.6 Å². The molecule has 170 valence electrons. The molecule has 0 saturated carbocycles. The molecule has 0 fully saturated rings. The van der Waals surface area contributed by atoms with Crippen molar-refractivity contribution in [2.45, 2.75) is 12.5 Å². The summed E-state index contributed by atoms with van der Waals surface area (Å²) in [5.41, 5.74) is 2.59. The van der Waals surface area contributed by atoms with Crippen LogP contribution < -0.4 is 5.32 Å². The van der Waals surface area contributed by atoms with Gasteiger partial charge in [0.25, 0.3) is 5.91 Å². The third-order valence-electron chi connectivity index (χ3n) is 5.43. The Balaban J connectivity index is 1.50. The molecule has 0 aliphatic heterocycles. The first-order chi connectivity index (χ1) is 16.6. The van der Waals surface area contributed by atoms with Gasteiger partial charge in [0.1, 0.15) is 6.54 Å². The molecule has 0 spiro atoms. The number of fused-ring (bicyclic) bond motifs is 1. The fourth-order valence-corrected chi connectivity index (χ4v) is 3.88. The van der Waals surface area contributed by atoms with Crippen molar-refractivity contribution in [1.29, 1.82) is 0 Å². The van der Waals surface area contributed by atoms with Gasteiger partial charge in [-0.25, -0.2) is 0 Å². The molecule has 0 aliphatic rings. The van der Waals surface area contributed by atoms with Crippen LogP contribution in [-0.4, -0.2) is 28.0 Å². The van der Waals surface area contributed by atoms with Gasteiger partial charge < -0.3 is 15.0 Å². The minimum absolute atomic E-state index is 0.102. The summed E-state index contributed by atoms with van der Waals surface area (Å²) in [5.74, 6) is -1.61. The second-order valence-electron chi connectivity index (χ2n) is 7.65. The number of carbonyl (C=O) groups excluding carboxylic acids is 2. The molecule has 7 nitrogen and oxygen atoms in total. The molecule has 0 radical (unpaired) electrons. The van der Waals surface area contributed by atoms with Crippen LogP contribution in [0, 0.1) is 0 Å². The quantitative estimate of drug-likeness (QED) is 0.288. The maximum atomic E-state index is 13.0. The highest BCUT2D eigenvalue weighted by Crippen LogP contribution is 2.38. The monoisotopic (exact) mass is 452 g/mol. The number of para-hydroxylation sites is 1. The lowest BCUT2D eigenvalue weighted by molar-refractivity contribution is -0.125. The van der Waals surface area contributed by atoms with Crippen LogP contribution in [0.25, 0.3) is 10.9 Å². The Morgan fingerprint density at radius 3 is 2.15 bits per heavy atom. The van der Waals surface area contributed by atoms with E-state index < -0.39 is 11.8 Å². The zero-order valence-electron chi connectivity index (χ0n) is 18.5. The summed E-state index contributed by atoms with van der Waals surface area (Å²) >= 11 is 0. The van der Waals surface area contributed by atoms with Gasteiger partial charge >= 0.3 is 0 Å². The van der Waals surface area contributed by atoms with E-state index in [1.165, 1.54) is 0 Å². The van der Waals surface area contributed by atoms with Crippen LogP contribution in [0.3, 0.4) is 0 Å². The number of nitrogens with zero attached hydrogens (tertiary/aromatic N) is 3. The van der Waals surface area contributed by atoms with Crippen LogP contribution in [0.5, 0.6) is 5.88 Å². The number of amides is 2. The van der Waals surface area contributed by atoms with Crippen molar-refractivity contribution in [2.24, 2.45) is 10.2 Å². The lowest BCUT2D eigenvalue weighted by atomic mass is 9.90. The SMILES string of the molecule is C=CCn1c(O)c(N=NC(=O)CNC(=O)C(c2ccccc2)c2ccccc2)c2ccccc21. The predicted octanol–water partition coefficient (Wildman–Crippen LogP) is 5.09. The summed E-state index contributed by atoms with van der Waals surface area (Å²) in [6.07, 6.45) is 1.66. The number of aromatic nitrogens is 1. The lowest BCUT2D eigenvalue weighted by Gasteiger charge is -2.17. The van der Waals surface area contributed by atoms with E-state index in [1.54, 1.807) is 16.7 Å². The Labute approximate surface area is 197 Å². The number of aromatic hydroxyl groups is 1. The molecule has 3 aromatic carbocycles. The Morgan fingerprint density at radius 2 is 1.53 bits per heavy atom. The number of rotatable bonds is 8. The van der Waals surface area contributed by atoms with Crippen molar-refractivity contribution < 1.29 is 14.7 Å². The van der Waals surface area contributed by atoms with E-state index in [-0.39, 0.29) is 24.0 Å². The molecule has 2 N–H and O–H groups in total. The summed E-state index contributed by atoms with van der Waals surface area (Å²) in [4.78, 5) is 25.5. The average molecular weight is 453 g/mol. The Hall–Kier alpha value is -4.52. The molecule has 0 bridgehead atoms. The molecule has 0 saturated heterocycles. The third-order valence-corrected chi connectivity index (χ3v) is 5.43. The number of benzene rings is 3. The van der Waals surface area contributed by atoms with Crippen LogP contribution in [0.1, 0.15) is 17.0 Å². The summed E-state index contributed by atoms with van der Waals surface area (Å²) in [5, 5.41) is 21.6. The fraction of sp³-hybridized carbons (Fsp3) is 0.111. The highest BCUT2D eigenvalue weighted by molar-refractivity contribution is 5.95.